The first-order valence-electron chi connectivity index (χ1n) is 10.1. The summed E-state index contributed by atoms with van der Waals surface area (Å²) in [6, 6.07) is 14.3. The summed E-state index contributed by atoms with van der Waals surface area (Å²) in [6.45, 7) is 4.76. The van der Waals surface area contributed by atoms with Crippen LogP contribution in [0.2, 0.25) is 0 Å². The minimum Gasteiger partial charge on any atom is -0.383 e. The zero-order valence-corrected chi connectivity index (χ0v) is 17.0. The third-order valence-corrected chi connectivity index (χ3v) is 5.40. The number of amides is 1. The molecule has 1 fully saturated rings. The van der Waals surface area contributed by atoms with E-state index in [-0.39, 0.29) is 11.8 Å². The zero-order valence-electron chi connectivity index (χ0n) is 17.0. The van der Waals surface area contributed by atoms with Crippen LogP contribution in [-0.4, -0.2) is 53.9 Å². The number of aromatic nitrogens is 3. The van der Waals surface area contributed by atoms with Gasteiger partial charge in [-0.1, -0.05) is 30.3 Å². The first-order chi connectivity index (χ1) is 14.2. The molecule has 0 radical (unpaired) electrons. The summed E-state index contributed by atoms with van der Waals surface area (Å²) >= 11 is 0. The lowest BCUT2D eigenvalue weighted by Crippen LogP contribution is -2.42. The Hall–Kier alpha value is -2.93. The van der Waals surface area contributed by atoms with Crippen LogP contribution in [0, 0.1) is 12.8 Å². The molecule has 1 N–H and O–H groups in total. The van der Waals surface area contributed by atoms with Crippen molar-refractivity contribution in [2.24, 2.45) is 5.92 Å². The second-order valence-electron chi connectivity index (χ2n) is 7.47. The molecular weight excluding hydrogens is 366 g/mol. The second-order valence-corrected chi connectivity index (χ2v) is 7.47. The summed E-state index contributed by atoms with van der Waals surface area (Å²) in [5, 5.41) is 7.78. The number of benzene rings is 1. The highest BCUT2D eigenvalue weighted by molar-refractivity contribution is 5.79. The normalized spacial score (nSPS) is 15.0. The van der Waals surface area contributed by atoms with Crippen LogP contribution in [0.25, 0.3) is 16.9 Å². The SMILES string of the molecule is COCCNC(=O)C1CCN(c2cc(C)nc3cc(-c4ccccc4)nn23)CC1. The van der Waals surface area contributed by atoms with E-state index in [4.69, 9.17) is 9.84 Å². The summed E-state index contributed by atoms with van der Waals surface area (Å²) in [5.74, 6) is 1.22. The molecule has 0 saturated carbocycles. The van der Waals surface area contributed by atoms with Gasteiger partial charge in [0.1, 0.15) is 5.82 Å². The third-order valence-electron chi connectivity index (χ3n) is 5.40. The van der Waals surface area contributed by atoms with Gasteiger partial charge in [0.25, 0.3) is 0 Å². The number of carbonyl (C=O) groups is 1. The lowest BCUT2D eigenvalue weighted by Gasteiger charge is -2.33. The molecule has 0 unspecified atom stereocenters. The monoisotopic (exact) mass is 393 g/mol. The summed E-state index contributed by atoms with van der Waals surface area (Å²) in [6.07, 6.45) is 1.66. The van der Waals surface area contributed by atoms with E-state index < -0.39 is 0 Å². The molecule has 29 heavy (non-hydrogen) atoms. The maximum Gasteiger partial charge on any atom is 0.223 e. The van der Waals surface area contributed by atoms with E-state index in [0.717, 1.165) is 54.3 Å². The minimum absolute atomic E-state index is 0.0547. The zero-order chi connectivity index (χ0) is 20.2. The topological polar surface area (TPSA) is 71.8 Å². The van der Waals surface area contributed by atoms with Crippen LogP contribution >= 0.6 is 0 Å². The van der Waals surface area contributed by atoms with Crippen molar-refractivity contribution in [1.29, 1.82) is 0 Å². The van der Waals surface area contributed by atoms with Crippen LogP contribution in [0.3, 0.4) is 0 Å². The van der Waals surface area contributed by atoms with Gasteiger partial charge in [-0.3, -0.25) is 4.79 Å². The molecule has 1 amide bonds. The Morgan fingerprint density at radius 1 is 1.21 bits per heavy atom. The van der Waals surface area contributed by atoms with Crippen molar-refractivity contribution in [3.05, 3.63) is 48.2 Å². The number of methoxy groups -OCH3 is 1. The Balaban J connectivity index is 1.52. The predicted molar refractivity (Wildman–Crippen MR) is 113 cm³/mol. The van der Waals surface area contributed by atoms with Crippen LogP contribution in [-0.2, 0) is 9.53 Å². The van der Waals surface area contributed by atoms with E-state index in [2.05, 4.69) is 33.4 Å². The number of ether oxygens (including phenoxy) is 1. The van der Waals surface area contributed by atoms with Gasteiger partial charge in [0.05, 0.1) is 12.3 Å². The van der Waals surface area contributed by atoms with Gasteiger partial charge in [-0.05, 0) is 19.8 Å². The fourth-order valence-electron chi connectivity index (χ4n) is 3.85. The highest BCUT2D eigenvalue weighted by Crippen LogP contribution is 2.27. The van der Waals surface area contributed by atoms with Gasteiger partial charge in [0, 0.05) is 56.1 Å². The molecule has 7 nitrogen and oxygen atoms in total. The Morgan fingerprint density at radius 2 is 1.97 bits per heavy atom. The van der Waals surface area contributed by atoms with Crippen molar-refractivity contribution < 1.29 is 9.53 Å². The van der Waals surface area contributed by atoms with Gasteiger partial charge < -0.3 is 15.0 Å². The number of piperidine rings is 1. The maximum absolute atomic E-state index is 12.3. The van der Waals surface area contributed by atoms with Crippen LogP contribution in [0.1, 0.15) is 18.5 Å². The number of nitrogens with one attached hydrogen (secondary N) is 1. The van der Waals surface area contributed by atoms with Crippen LogP contribution in [0.5, 0.6) is 0 Å². The summed E-state index contributed by atoms with van der Waals surface area (Å²) in [4.78, 5) is 19.3. The molecule has 1 aromatic carbocycles. The van der Waals surface area contributed by atoms with Gasteiger partial charge in [0.15, 0.2) is 5.65 Å². The van der Waals surface area contributed by atoms with Crippen LogP contribution in [0.4, 0.5) is 5.82 Å². The van der Waals surface area contributed by atoms with Crippen LogP contribution < -0.4 is 10.2 Å². The fourth-order valence-corrected chi connectivity index (χ4v) is 3.85. The third kappa shape index (κ3) is 4.24. The van der Waals surface area contributed by atoms with E-state index in [1.165, 1.54) is 0 Å². The smallest absolute Gasteiger partial charge is 0.223 e. The molecule has 0 atom stereocenters. The Labute approximate surface area is 170 Å². The summed E-state index contributed by atoms with van der Waals surface area (Å²) in [7, 11) is 1.64. The highest BCUT2D eigenvalue weighted by atomic mass is 16.5. The molecule has 1 saturated heterocycles. The van der Waals surface area contributed by atoms with E-state index >= 15 is 0 Å². The number of hydrogen-bond acceptors (Lipinski definition) is 5. The van der Waals surface area contributed by atoms with Crippen molar-refractivity contribution in [3.8, 4) is 11.3 Å². The minimum atomic E-state index is 0.0547. The number of fused-ring (bicyclic) bond motifs is 1. The molecule has 2 aromatic heterocycles. The number of rotatable bonds is 6. The molecule has 7 heteroatoms. The quantitative estimate of drug-likeness (QED) is 0.652. The van der Waals surface area contributed by atoms with Gasteiger partial charge in [-0.15, -0.1) is 0 Å². The average molecular weight is 393 g/mol. The molecule has 4 rings (SSSR count). The molecule has 3 aromatic rings. The number of hydrogen-bond donors (Lipinski definition) is 1. The number of aryl methyl sites for hydroxylation is 1. The largest absolute Gasteiger partial charge is 0.383 e. The van der Waals surface area contributed by atoms with Crippen molar-refractivity contribution in [1.82, 2.24) is 19.9 Å². The first-order valence-corrected chi connectivity index (χ1v) is 10.1. The standard InChI is InChI=1S/C22H27N5O2/c1-16-14-21(26-11-8-18(9-12-26)22(28)23-10-13-29-2)27-20(24-16)15-19(25-27)17-6-4-3-5-7-17/h3-7,14-15,18H,8-13H2,1-2H3,(H,23,28). The van der Waals surface area contributed by atoms with Gasteiger partial charge >= 0.3 is 0 Å². The first kappa shape index (κ1) is 19.4. The highest BCUT2D eigenvalue weighted by Gasteiger charge is 2.26. The van der Waals surface area contributed by atoms with Gasteiger partial charge in [-0.2, -0.15) is 9.61 Å². The summed E-state index contributed by atoms with van der Waals surface area (Å²) < 4.78 is 6.93. The molecule has 0 bridgehead atoms. The molecule has 3 heterocycles. The Bertz CT molecular complexity index is 978. The Kier molecular flexibility index (Phi) is 5.76. The molecule has 1 aliphatic rings. The molecule has 152 valence electrons. The van der Waals surface area contributed by atoms with E-state index in [1.54, 1.807) is 7.11 Å². The fraction of sp³-hybridized carbons (Fsp3) is 0.409. The van der Waals surface area contributed by atoms with Crippen molar-refractivity contribution >= 4 is 17.4 Å². The van der Waals surface area contributed by atoms with Crippen molar-refractivity contribution in [2.75, 3.05) is 38.3 Å². The van der Waals surface area contributed by atoms with Crippen LogP contribution in [0.15, 0.2) is 42.5 Å². The van der Waals surface area contributed by atoms with Gasteiger partial charge in [-0.25, -0.2) is 4.98 Å². The second kappa shape index (κ2) is 8.61. The maximum atomic E-state index is 12.3. The predicted octanol–water partition coefficient (Wildman–Crippen LogP) is 2.68. The summed E-state index contributed by atoms with van der Waals surface area (Å²) in [5.41, 5.74) is 3.80. The van der Waals surface area contributed by atoms with E-state index in [1.807, 2.05) is 35.7 Å². The average Bonchev–Trinajstić information content (AvgIpc) is 3.18. The molecule has 0 aliphatic carbocycles. The molecule has 1 aliphatic heterocycles. The number of carbonyl (C=O) groups excluding carboxylic acids is 1. The van der Waals surface area contributed by atoms with Crippen molar-refractivity contribution in [3.63, 3.8) is 0 Å². The molecule has 0 spiro atoms. The molecular formula is C22H27N5O2. The van der Waals surface area contributed by atoms with Gasteiger partial charge in [0.2, 0.25) is 5.91 Å². The van der Waals surface area contributed by atoms with Crippen molar-refractivity contribution in [2.45, 2.75) is 19.8 Å². The number of nitrogens with zero attached hydrogens (tertiary/aromatic N) is 4. The lowest BCUT2D eigenvalue weighted by molar-refractivity contribution is -0.125. The van der Waals surface area contributed by atoms with E-state index in [9.17, 15) is 4.79 Å². The number of anilines is 1. The van der Waals surface area contributed by atoms with E-state index in [0.29, 0.717) is 13.2 Å². The lowest BCUT2D eigenvalue weighted by atomic mass is 9.96. The Morgan fingerprint density at radius 3 is 2.69 bits per heavy atom.